The number of aryl methyl sites for hydroxylation is 2. The molecule has 0 aliphatic rings. The number of halogens is 8. The highest BCUT2D eigenvalue weighted by Gasteiger charge is 2.27. The van der Waals surface area contributed by atoms with Gasteiger partial charge >= 0.3 is 0 Å². The van der Waals surface area contributed by atoms with Crippen LogP contribution in [0.4, 0.5) is 34.1 Å². The maximum Gasteiger partial charge on any atom is 0.258 e. The zero-order valence-corrected chi connectivity index (χ0v) is 39.4. The van der Waals surface area contributed by atoms with Crippen molar-refractivity contribution in [2.45, 2.75) is 39.8 Å². The number of Topliss-reactive ketones (excluding diaryl/α,β-unsaturated/α-hetero) is 2. The summed E-state index contributed by atoms with van der Waals surface area (Å²) < 4.78 is 0. The first-order chi connectivity index (χ1) is 30.2. The van der Waals surface area contributed by atoms with E-state index in [1.165, 1.54) is 72.8 Å². The molecule has 0 bridgehead atoms. The van der Waals surface area contributed by atoms with Crippen LogP contribution in [0.5, 0.6) is 0 Å². The second-order valence-electron chi connectivity index (χ2n) is 13.6. The summed E-state index contributed by atoms with van der Waals surface area (Å²) in [6.07, 6.45) is 0. The summed E-state index contributed by atoms with van der Waals surface area (Å²) in [6, 6.07) is 13.8. The molecule has 0 aliphatic heterocycles. The van der Waals surface area contributed by atoms with Gasteiger partial charge in [-0.3, -0.25) is 28.8 Å². The number of ketones is 2. The Bertz CT molecular complexity index is 2630. The van der Waals surface area contributed by atoms with Crippen LogP contribution in [0.25, 0.3) is 0 Å². The smallest absolute Gasteiger partial charge is 0.258 e. The van der Waals surface area contributed by atoms with Gasteiger partial charge in [0.05, 0.1) is 51.6 Å². The summed E-state index contributed by atoms with van der Waals surface area (Å²) in [5.74, 6) is -4.31. The lowest BCUT2D eigenvalue weighted by Gasteiger charge is -2.16. The molecule has 22 heteroatoms. The summed E-state index contributed by atoms with van der Waals surface area (Å²) in [5, 5.41) is 27.1. The summed E-state index contributed by atoms with van der Waals surface area (Å²) >= 11 is 49.6. The summed E-state index contributed by atoms with van der Waals surface area (Å²) in [5.41, 5.74) is 1.64. The molecule has 5 rings (SSSR count). The van der Waals surface area contributed by atoms with E-state index in [0.717, 1.165) is 13.8 Å². The largest absolute Gasteiger partial charge is 0.324 e. The van der Waals surface area contributed by atoms with Crippen LogP contribution in [-0.2, 0) is 19.2 Å². The molecule has 5 aromatic rings. The Hall–Kier alpha value is -5.16. The molecule has 0 saturated carbocycles. The van der Waals surface area contributed by atoms with Gasteiger partial charge in [-0.2, -0.15) is 20.5 Å². The molecule has 2 unspecified atom stereocenters. The van der Waals surface area contributed by atoms with Crippen molar-refractivity contribution < 1.29 is 28.8 Å². The van der Waals surface area contributed by atoms with E-state index in [1.807, 2.05) is 0 Å². The number of rotatable bonds is 14. The molecule has 4 N–H and O–H groups in total. The van der Waals surface area contributed by atoms with Gasteiger partial charge in [0, 0.05) is 22.5 Å². The predicted octanol–water partition coefficient (Wildman–Crippen LogP) is 13.4. The number of nitrogens with zero attached hydrogens (tertiary/aromatic N) is 4. The van der Waals surface area contributed by atoms with E-state index in [4.69, 9.17) is 92.8 Å². The number of carbonyl (C=O) groups is 6. The number of benzene rings is 5. The van der Waals surface area contributed by atoms with Gasteiger partial charge in [0.15, 0.2) is 11.6 Å². The summed E-state index contributed by atoms with van der Waals surface area (Å²) in [4.78, 5) is 78.2. The van der Waals surface area contributed by atoms with Crippen LogP contribution in [0.1, 0.15) is 45.7 Å². The van der Waals surface area contributed by atoms with Crippen LogP contribution in [0.2, 0.25) is 40.2 Å². The van der Waals surface area contributed by atoms with Gasteiger partial charge in [0.1, 0.15) is 11.4 Å². The van der Waals surface area contributed by atoms with E-state index in [9.17, 15) is 28.8 Å². The molecule has 0 aromatic heterocycles. The van der Waals surface area contributed by atoms with Gasteiger partial charge in [-0.15, -0.1) is 0 Å². The van der Waals surface area contributed by atoms with Crippen LogP contribution in [0.15, 0.2) is 93.3 Å². The number of azo groups is 2. The van der Waals surface area contributed by atoms with E-state index in [1.54, 1.807) is 13.8 Å². The fraction of sp³-hybridized carbons (Fsp3) is 0.143. The fourth-order valence-corrected chi connectivity index (χ4v) is 7.04. The summed E-state index contributed by atoms with van der Waals surface area (Å²) in [7, 11) is 0. The highest BCUT2D eigenvalue weighted by atomic mass is 35.5. The molecule has 0 spiro atoms. The molecule has 330 valence electrons. The van der Waals surface area contributed by atoms with Crippen LogP contribution < -0.4 is 21.3 Å². The number of carbonyl (C=O) groups excluding carboxylic acids is 6. The van der Waals surface area contributed by atoms with Crippen molar-refractivity contribution in [1.29, 1.82) is 0 Å². The summed E-state index contributed by atoms with van der Waals surface area (Å²) in [6.45, 7) is 5.53. The molecular formula is C42H30Cl8N8O6. The molecule has 64 heavy (non-hydrogen) atoms. The number of amides is 4. The van der Waals surface area contributed by atoms with Crippen LogP contribution in [0.3, 0.4) is 0 Å². The minimum atomic E-state index is -1.64. The van der Waals surface area contributed by atoms with E-state index in [0.29, 0.717) is 11.1 Å². The van der Waals surface area contributed by atoms with Crippen LogP contribution in [0, 0.1) is 13.8 Å². The zero-order valence-electron chi connectivity index (χ0n) is 33.3. The van der Waals surface area contributed by atoms with Crippen molar-refractivity contribution >= 4 is 162 Å². The molecule has 0 aliphatic carbocycles. The van der Waals surface area contributed by atoms with Crippen LogP contribution >= 0.6 is 92.8 Å². The highest BCUT2D eigenvalue weighted by molar-refractivity contribution is 6.47. The van der Waals surface area contributed by atoms with Gasteiger partial charge in [0.2, 0.25) is 12.1 Å². The second kappa shape index (κ2) is 21.7. The first-order valence-corrected chi connectivity index (χ1v) is 21.2. The van der Waals surface area contributed by atoms with Gasteiger partial charge < -0.3 is 21.3 Å². The van der Waals surface area contributed by atoms with E-state index in [2.05, 4.69) is 41.7 Å². The maximum atomic E-state index is 13.4. The lowest BCUT2D eigenvalue weighted by Crippen LogP contribution is -2.32. The Balaban J connectivity index is 1.28. The lowest BCUT2D eigenvalue weighted by molar-refractivity contribution is -0.127. The van der Waals surface area contributed by atoms with E-state index >= 15 is 0 Å². The highest BCUT2D eigenvalue weighted by Crippen LogP contribution is 2.38. The Morgan fingerprint density at radius 1 is 0.453 bits per heavy atom. The van der Waals surface area contributed by atoms with Crippen molar-refractivity contribution in [3.8, 4) is 0 Å². The topological polar surface area (TPSA) is 200 Å². The Labute approximate surface area is 405 Å². The fourth-order valence-electron chi connectivity index (χ4n) is 5.48. The number of hydrogen-bond donors (Lipinski definition) is 4. The average Bonchev–Trinajstić information content (AvgIpc) is 3.23. The average molecular weight is 1030 g/mol. The Kier molecular flexibility index (Phi) is 16.9. The molecule has 14 nitrogen and oxygen atoms in total. The minimum absolute atomic E-state index is 0.0294. The van der Waals surface area contributed by atoms with Crippen molar-refractivity contribution in [1.82, 2.24) is 0 Å². The molecule has 0 fully saturated rings. The van der Waals surface area contributed by atoms with Gasteiger partial charge in [-0.05, 0) is 112 Å². The van der Waals surface area contributed by atoms with Gasteiger partial charge in [-0.1, -0.05) is 92.8 Å². The van der Waals surface area contributed by atoms with Gasteiger partial charge in [-0.25, -0.2) is 0 Å². The normalized spacial score (nSPS) is 12.2. The van der Waals surface area contributed by atoms with Gasteiger partial charge in [0.25, 0.3) is 23.6 Å². The monoisotopic (exact) mass is 1020 g/mol. The molecule has 0 saturated heterocycles. The van der Waals surface area contributed by atoms with E-state index in [-0.39, 0.29) is 85.4 Å². The molecule has 2 atom stereocenters. The molecule has 0 heterocycles. The van der Waals surface area contributed by atoms with Crippen molar-refractivity contribution in [3.63, 3.8) is 0 Å². The van der Waals surface area contributed by atoms with Crippen molar-refractivity contribution in [2.24, 2.45) is 20.5 Å². The maximum absolute atomic E-state index is 13.4. The standard InChI is InChI=1S/C42H30Cl8N8O6/c1-17-13-30(52-42(64)36(20(4)60)58-56-32-16-22(6-8-24(32)44)40(62)54-38-28(48)12-10-26(46)34(38)50)18(2)14-29(17)51-41(63)35(19(3)59)57-55-31-15-21(5-7-23(31)43)39(61)53-37-27(47)11-9-25(45)33(37)49/h5-16,35-36H,1-4H3,(H,51,63)(H,52,64)(H,53,61)(H,54,62). The van der Waals surface area contributed by atoms with Crippen molar-refractivity contribution in [3.05, 3.63) is 135 Å². The molecule has 5 aromatic carbocycles. The molecule has 4 amide bonds. The third kappa shape index (κ3) is 12.1. The Morgan fingerprint density at radius 3 is 1.12 bits per heavy atom. The SMILES string of the molecule is CC(=O)C(N=Nc1cc(C(=O)Nc2c(Cl)ccc(Cl)c2Cl)ccc1Cl)C(=O)Nc1cc(C)c(NC(=O)C(N=Nc2cc(C(=O)Nc3c(Cl)ccc(Cl)c3Cl)ccc2Cl)C(C)=O)cc1C. The molecule has 0 radical (unpaired) electrons. The number of anilines is 4. The lowest BCUT2D eigenvalue weighted by atomic mass is 10.1. The number of nitrogens with one attached hydrogen (secondary N) is 4. The zero-order chi connectivity index (χ0) is 47.2. The predicted molar refractivity (Wildman–Crippen MR) is 253 cm³/mol. The molecular weight excluding hydrogens is 996 g/mol. The minimum Gasteiger partial charge on any atom is -0.324 e. The third-order valence-corrected chi connectivity index (χ3v) is 11.8. The third-order valence-electron chi connectivity index (χ3n) is 8.90. The first-order valence-electron chi connectivity index (χ1n) is 18.2. The first kappa shape index (κ1) is 49.8. The van der Waals surface area contributed by atoms with E-state index < -0.39 is 47.3 Å². The quantitative estimate of drug-likeness (QED) is 0.0484. The Morgan fingerprint density at radius 2 is 0.781 bits per heavy atom. The van der Waals surface area contributed by atoms with Crippen LogP contribution in [-0.4, -0.2) is 47.3 Å². The second-order valence-corrected chi connectivity index (χ2v) is 16.8. The number of hydrogen-bond acceptors (Lipinski definition) is 10. The van der Waals surface area contributed by atoms with Crippen molar-refractivity contribution in [2.75, 3.05) is 21.3 Å².